The minimum Gasteiger partial charge on any atom is -0.494 e. The number of aromatic nitrogens is 1. The van der Waals surface area contributed by atoms with E-state index in [1.54, 1.807) is 30.3 Å². The van der Waals surface area contributed by atoms with E-state index in [1.807, 2.05) is 39.0 Å². The lowest BCUT2D eigenvalue weighted by atomic mass is 10.2. The number of benzene rings is 2. The van der Waals surface area contributed by atoms with Crippen LogP contribution in [0.4, 0.5) is 0 Å². The van der Waals surface area contributed by atoms with Gasteiger partial charge in [0.25, 0.3) is 5.91 Å². The third-order valence-corrected chi connectivity index (χ3v) is 6.93. The minimum absolute atomic E-state index is 0.232. The van der Waals surface area contributed by atoms with E-state index in [1.165, 1.54) is 4.31 Å². The molecule has 1 heterocycles. The fourth-order valence-corrected chi connectivity index (χ4v) is 4.71. The summed E-state index contributed by atoms with van der Waals surface area (Å²) < 4.78 is 32.0. The topological polar surface area (TPSA) is 91.5 Å². The summed E-state index contributed by atoms with van der Waals surface area (Å²) in [5.74, 6) is 0.516. The highest BCUT2D eigenvalue weighted by atomic mass is 32.2. The zero-order valence-corrected chi connectivity index (χ0v) is 18.3. The first-order valence-corrected chi connectivity index (χ1v) is 11.5. The van der Waals surface area contributed by atoms with Crippen molar-refractivity contribution in [2.24, 2.45) is 0 Å². The predicted octanol–water partition coefficient (Wildman–Crippen LogP) is 3.53. The SMILES string of the molecule is CCOc1ccc2cc(C(=O)NCc3ccc(S(=O)(=O)N(CC)CC)cc3)[nH]c2c1. The molecule has 3 aromatic rings. The molecule has 0 saturated carbocycles. The quantitative estimate of drug-likeness (QED) is 0.544. The summed E-state index contributed by atoms with van der Waals surface area (Å²) in [6.07, 6.45) is 0. The van der Waals surface area contributed by atoms with Crippen LogP contribution >= 0.6 is 0 Å². The molecular weight excluding hydrogens is 402 g/mol. The monoisotopic (exact) mass is 429 g/mol. The summed E-state index contributed by atoms with van der Waals surface area (Å²) in [4.78, 5) is 15.9. The zero-order chi connectivity index (χ0) is 21.7. The smallest absolute Gasteiger partial charge is 0.267 e. The van der Waals surface area contributed by atoms with E-state index in [0.29, 0.717) is 31.9 Å². The molecule has 0 atom stereocenters. The molecule has 0 unspecified atom stereocenters. The Morgan fingerprint density at radius 1 is 1.03 bits per heavy atom. The van der Waals surface area contributed by atoms with Gasteiger partial charge in [0.05, 0.1) is 11.5 Å². The Labute approximate surface area is 177 Å². The van der Waals surface area contributed by atoms with Crippen LogP contribution in [0.1, 0.15) is 36.8 Å². The molecule has 8 heteroatoms. The van der Waals surface area contributed by atoms with Crippen LogP contribution in [0.2, 0.25) is 0 Å². The molecule has 0 bridgehead atoms. The van der Waals surface area contributed by atoms with Crippen LogP contribution in [-0.2, 0) is 16.6 Å². The van der Waals surface area contributed by atoms with Gasteiger partial charge in [-0.25, -0.2) is 8.42 Å². The van der Waals surface area contributed by atoms with Crippen molar-refractivity contribution in [1.29, 1.82) is 0 Å². The van der Waals surface area contributed by atoms with Crippen LogP contribution < -0.4 is 10.1 Å². The molecule has 160 valence electrons. The fraction of sp³-hybridized carbons (Fsp3) is 0.318. The second-order valence-corrected chi connectivity index (χ2v) is 8.72. The van der Waals surface area contributed by atoms with Gasteiger partial charge in [-0.05, 0) is 42.8 Å². The van der Waals surface area contributed by atoms with Crippen LogP contribution in [0.3, 0.4) is 0 Å². The van der Waals surface area contributed by atoms with Crippen molar-refractivity contribution in [3.63, 3.8) is 0 Å². The maximum Gasteiger partial charge on any atom is 0.267 e. The molecule has 7 nitrogen and oxygen atoms in total. The average Bonchev–Trinajstić information content (AvgIpc) is 3.17. The van der Waals surface area contributed by atoms with E-state index in [9.17, 15) is 13.2 Å². The van der Waals surface area contributed by atoms with E-state index in [0.717, 1.165) is 22.2 Å². The maximum absolute atomic E-state index is 12.6. The number of carbonyl (C=O) groups is 1. The molecule has 30 heavy (non-hydrogen) atoms. The van der Waals surface area contributed by atoms with Gasteiger partial charge in [0, 0.05) is 36.6 Å². The number of hydrogen-bond donors (Lipinski definition) is 2. The first-order chi connectivity index (χ1) is 14.4. The molecule has 1 aromatic heterocycles. The van der Waals surface area contributed by atoms with Gasteiger partial charge < -0.3 is 15.0 Å². The van der Waals surface area contributed by atoms with Crippen molar-refractivity contribution >= 4 is 26.8 Å². The molecule has 0 aliphatic carbocycles. The Bertz CT molecular complexity index is 1120. The highest BCUT2D eigenvalue weighted by Crippen LogP contribution is 2.22. The van der Waals surface area contributed by atoms with Crippen LogP contribution in [0.25, 0.3) is 10.9 Å². The van der Waals surface area contributed by atoms with E-state index >= 15 is 0 Å². The number of nitrogens with one attached hydrogen (secondary N) is 2. The highest BCUT2D eigenvalue weighted by Gasteiger charge is 2.21. The second-order valence-electron chi connectivity index (χ2n) is 6.78. The first-order valence-electron chi connectivity index (χ1n) is 10.0. The Kier molecular flexibility index (Phi) is 6.79. The molecule has 0 aliphatic heterocycles. The number of amides is 1. The van der Waals surface area contributed by atoms with Gasteiger partial charge in [0.15, 0.2) is 0 Å². The number of sulfonamides is 1. The number of carbonyl (C=O) groups excluding carboxylic acids is 1. The molecule has 3 rings (SSSR count). The summed E-state index contributed by atoms with van der Waals surface area (Å²) in [7, 11) is -3.48. The third-order valence-electron chi connectivity index (χ3n) is 4.87. The Morgan fingerprint density at radius 3 is 2.37 bits per heavy atom. The molecular formula is C22H27N3O4S. The standard InChI is InChI=1S/C22H27N3O4S/c1-4-25(5-2)30(27,28)19-11-7-16(8-12-19)15-23-22(26)21-13-17-9-10-18(29-6-3)14-20(17)24-21/h7-14,24H,4-6,15H2,1-3H3,(H,23,26). The van der Waals surface area contributed by atoms with Crippen LogP contribution in [0.5, 0.6) is 5.75 Å². The van der Waals surface area contributed by atoms with Gasteiger partial charge in [-0.15, -0.1) is 0 Å². The van der Waals surface area contributed by atoms with Crippen molar-refractivity contribution in [3.05, 3.63) is 59.8 Å². The summed E-state index contributed by atoms with van der Waals surface area (Å²) in [5, 5.41) is 3.78. The fourth-order valence-electron chi connectivity index (χ4n) is 3.25. The van der Waals surface area contributed by atoms with E-state index in [-0.39, 0.29) is 10.8 Å². The van der Waals surface area contributed by atoms with Gasteiger partial charge in [-0.3, -0.25) is 4.79 Å². The van der Waals surface area contributed by atoms with Gasteiger partial charge in [0.1, 0.15) is 11.4 Å². The lowest BCUT2D eigenvalue weighted by molar-refractivity contribution is 0.0946. The summed E-state index contributed by atoms with van der Waals surface area (Å²) in [5.41, 5.74) is 2.10. The van der Waals surface area contributed by atoms with Gasteiger partial charge in [0.2, 0.25) is 10.0 Å². The number of H-pyrrole nitrogens is 1. The molecule has 0 saturated heterocycles. The predicted molar refractivity (Wildman–Crippen MR) is 117 cm³/mol. The Hall–Kier alpha value is -2.84. The Morgan fingerprint density at radius 2 is 1.73 bits per heavy atom. The van der Waals surface area contributed by atoms with Crippen molar-refractivity contribution in [2.45, 2.75) is 32.2 Å². The first kappa shape index (κ1) is 21.9. The van der Waals surface area contributed by atoms with Gasteiger partial charge in [-0.2, -0.15) is 4.31 Å². The maximum atomic E-state index is 12.6. The van der Waals surface area contributed by atoms with Gasteiger partial charge >= 0.3 is 0 Å². The highest BCUT2D eigenvalue weighted by molar-refractivity contribution is 7.89. The number of hydrogen-bond acceptors (Lipinski definition) is 4. The van der Waals surface area contributed by atoms with Crippen molar-refractivity contribution in [3.8, 4) is 5.75 Å². The number of fused-ring (bicyclic) bond motifs is 1. The summed E-state index contributed by atoms with van der Waals surface area (Å²) in [6, 6.07) is 14.0. The minimum atomic E-state index is -3.48. The molecule has 2 aromatic carbocycles. The third kappa shape index (κ3) is 4.66. The van der Waals surface area contributed by atoms with Gasteiger partial charge in [-0.1, -0.05) is 26.0 Å². The largest absolute Gasteiger partial charge is 0.494 e. The molecule has 0 radical (unpaired) electrons. The second kappa shape index (κ2) is 9.32. The van der Waals surface area contributed by atoms with Crippen LogP contribution in [0, 0.1) is 0 Å². The van der Waals surface area contributed by atoms with E-state index in [4.69, 9.17) is 4.74 Å². The van der Waals surface area contributed by atoms with Crippen LogP contribution in [0.15, 0.2) is 53.4 Å². The molecule has 1 amide bonds. The molecule has 0 aliphatic rings. The zero-order valence-electron chi connectivity index (χ0n) is 17.4. The number of aromatic amines is 1. The average molecular weight is 430 g/mol. The van der Waals surface area contributed by atoms with E-state index < -0.39 is 10.0 Å². The van der Waals surface area contributed by atoms with Crippen LogP contribution in [-0.4, -0.2) is 43.3 Å². The Balaban J connectivity index is 1.67. The lowest BCUT2D eigenvalue weighted by Gasteiger charge is -2.18. The van der Waals surface area contributed by atoms with Crippen molar-refractivity contribution < 1.29 is 17.9 Å². The molecule has 0 spiro atoms. The number of nitrogens with zero attached hydrogens (tertiary/aromatic N) is 1. The van der Waals surface area contributed by atoms with E-state index in [2.05, 4.69) is 10.3 Å². The summed E-state index contributed by atoms with van der Waals surface area (Å²) >= 11 is 0. The van der Waals surface area contributed by atoms with Crippen molar-refractivity contribution in [2.75, 3.05) is 19.7 Å². The molecule has 0 fully saturated rings. The number of rotatable bonds is 9. The summed E-state index contributed by atoms with van der Waals surface area (Å²) in [6.45, 7) is 7.27. The van der Waals surface area contributed by atoms with Crippen molar-refractivity contribution in [1.82, 2.24) is 14.6 Å². The number of ether oxygens (including phenoxy) is 1. The lowest BCUT2D eigenvalue weighted by Crippen LogP contribution is -2.30. The normalized spacial score (nSPS) is 11.7. The molecule has 2 N–H and O–H groups in total.